The molecule has 102 valence electrons. The summed E-state index contributed by atoms with van der Waals surface area (Å²) >= 11 is 5.30. The van der Waals surface area contributed by atoms with E-state index >= 15 is 0 Å². The van der Waals surface area contributed by atoms with Crippen molar-refractivity contribution in [1.82, 2.24) is 15.5 Å². The van der Waals surface area contributed by atoms with E-state index in [1.54, 1.807) is 11.3 Å². The molecule has 0 saturated carbocycles. The highest BCUT2D eigenvalue weighted by Crippen LogP contribution is 2.32. The molecule has 5 heteroatoms. The summed E-state index contributed by atoms with van der Waals surface area (Å²) in [5.41, 5.74) is 2.35. The SMILES string of the molecule is CCCNCCc1nnc(-c2cccc(C)c2Br)s1. The van der Waals surface area contributed by atoms with E-state index in [2.05, 4.69) is 63.5 Å². The van der Waals surface area contributed by atoms with Crippen molar-refractivity contribution in [2.45, 2.75) is 26.7 Å². The van der Waals surface area contributed by atoms with E-state index in [0.717, 1.165) is 46.0 Å². The average molecular weight is 340 g/mol. The third-order valence-electron chi connectivity index (χ3n) is 2.83. The Hall–Kier alpha value is -0.780. The summed E-state index contributed by atoms with van der Waals surface area (Å²) in [5.74, 6) is 0. The first-order chi connectivity index (χ1) is 9.22. The highest BCUT2D eigenvalue weighted by molar-refractivity contribution is 9.10. The lowest BCUT2D eigenvalue weighted by Crippen LogP contribution is -2.17. The Morgan fingerprint density at radius 3 is 2.89 bits per heavy atom. The Bertz CT molecular complexity index is 539. The minimum atomic E-state index is 0.946. The lowest BCUT2D eigenvalue weighted by Gasteiger charge is -2.02. The number of hydrogen-bond donors (Lipinski definition) is 1. The van der Waals surface area contributed by atoms with Crippen LogP contribution in [0.25, 0.3) is 10.6 Å². The Morgan fingerprint density at radius 1 is 1.26 bits per heavy atom. The van der Waals surface area contributed by atoms with Gasteiger partial charge in [-0.3, -0.25) is 0 Å². The zero-order chi connectivity index (χ0) is 13.7. The standard InChI is InChI=1S/C14H18BrN3S/c1-3-8-16-9-7-12-17-18-14(19-12)11-6-4-5-10(2)13(11)15/h4-6,16H,3,7-9H2,1-2H3. The zero-order valence-corrected chi connectivity index (χ0v) is 13.6. The van der Waals surface area contributed by atoms with Gasteiger partial charge in [0, 0.05) is 23.0 Å². The number of aromatic nitrogens is 2. The molecule has 1 aromatic carbocycles. The average Bonchev–Trinajstić information content (AvgIpc) is 2.87. The maximum atomic E-state index is 4.30. The van der Waals surface area contributed by atoms with Crippen LogP contribution in [0.15, 0.2) is 22.7 Å². The molecule has 2 rings (SSSR count). The number of hydrogen-bond acceptors (Lipinski definition) is 4. The van der Waals surface area contributed by atoms with Crippen molar-refractivity contribution in [1.29, 1.82) is 0 Å². The fourth-order valence-corrected chi connectivity index (χ4v) is 3.23. The predicted octanol–water partition coefficient (Wildman–Crippen LogP) is 3.82. The van der Waals surface area contributed by atoms with E-state index in [1.165, 1.54) is 5.56 Å². The van der Waals surface area contributed by atoms with Gasteiger partial charge in [0.1, 0.15) is 10.0 Å². The van der Waals surface area contributed by atoms with Crippen molar-refractivity contribution in [3.63, 3.8) is 0 Å². The molecule has 0 atom stereocenters. The maximum absolute atomic E-state index is 4.30. The van der Waals surface area contributed by atoms with Crippen LogP contribution in [0.3, 0.4) is 0 Å². The molecule has 0 spiro atoms. The van der Waals surface area contributed by atoms with E-state index in [-0.39, 0.29) is 0 Å². The number of aryl methyl sites for hydroxylation is 1. The molecule has 0 bridgehead atoms. The normalized spacial score (nSPS) is 10.9. The monoisotopic (exact) mass is 339 g/mol. The first-order valence-electron chi connectivity index (χ1n) is 6.51. The van der Waals surface area contributed by atoms with E-state index < -0.39 is 0 Å². The second-order valence-electron chi connectivity index (χ2n) is 4.44. The third-order valence-corrected chi connectivity index (χ3v) is 4.90. The number of benzene rings is 1. The molecule has 0 fully saturated rings. The first-order valence-corrected chi connectivity index (χ1v) is 8.12. The molecule has 1 aromatic heterocycles. The second kappa shape index (κ2) is 7.12. The molecule has 0 aliphatic rings. The lowest BCUT2D eigenvalue weighted by molar-refractivity contribution is 0.668. The van der Waals surface area contributed by atoms with Crippen molar-refractivity contribution >= 4 is 27.3 Å². The smallest absolute Gasteiger partial charge is 0.148 e. The molecule has 2 aromatic rings. The summed E-state index contributed by atoms with van der Waals surface area (Å²) in [5, 5.41) is 14.0. The molecule has 19 heavy (non-hydrogen) atoms. The molecular weight excluding hydrogens is 322 g/mol. The van der Waals surface area contributed by atoms with Gasteiger partial charge in [-0.1, -0.05) is 36.5 Å². The van der Waals surface area contributed by atoms with Gasteiger partial charge in [0.25, 0.3) is 0 Å². The van der Waals surface area contributed by atoms with Crippen LogP contribution in [-0.4, -0.2) is 23.3 Å². The Morgan fingerprint density at radius 2 is 2.11 bits per heavy atom. The minimum absolute atomic E-state index is 0.946. The largest absolute Gasteiger partial charge is 0.316 e. The van der Waals surface area contributed by atoms with Crippen molar-refractivity contribution in [2.75, 3.05) is 13.1 Å². The topological polar surface area (TPSA) is 37.8 Å². The van der Waals surface area contributed by atoms with Crippen LogP contribution in [0, 0.1) is 6.92 Å². The van der Waals surface area contributed by atoms with Crippen molar-refractivity contribution < 1.29 is 0 Å². The molecule has 0 radical (unpaired) electrons. The van der Waals surface area contributed by atoms with E-state index in [0.29, 0.717) is 0 Å². The van der Waals surface area contributed by atoms with Gasteiger partial charge in [0.2, 0.25) is 0 Å². The van der Waals surface area contributed by atoms with Gasteiger partial charge in [-0.25, -0.2) is 0 Å². The summed E-state index contributed by atoms with van der Waals surface area (Å²) in [7, 11) is 0. The van der Waals surface area contributed by atoms with Crippen LogP contribution in [0.4, 0.5) is 0 Å². The third kappa shape index (κ3) is 3.84. The minimum Gasteiger partial charge on any atom is -0.316 e. The van der Waals surface area contributed by atoms with Gasteiger partial charge in [-0.05, 0) is 41.4 Å². The fraction of sp³-hybridized carbons (Fsp3) is 0.429. The summed E-state index contributed by atoms with van der Waals surface area (Å²) in [6.07, 6.45) is 2.11. The second-order valence-corrected chi connectivity index (χ2v) is 6.29. The summed E-state index contributed by atoms with van der Waals surface area (Å²) in [6, 6.07) is 6.22. The highest BCUT2D eigenvalue weighted by atomic mass is 79.9. The zero-order valence-electron chi connectivity index (χ0n) is 11.2. The molecule has 3 nitrogen and oxygen atoms in total. The van der Waals surface area contributed by atoms with Crippen molar-refractivity contribution in [2.24, 2.45) is 0 Å². The molecule has 1 N–H and O–H groups in total. The summed E-state index contributed by atoms with van der Waals surface area (Å²) < 4.78 is 1.11. The summed E-state index contributed by atoms with van der Waals surface area (Å²) in [4.78, 5) is 0. The van der Waals surface area contributed by atoms with Gasteiger partial charge in [0.15, 0.2) is 0 Å². The van der Waals surface area contributed by atoms with Crippen LogP contribution in [0.1, 0.15) is 23.9 Å². The van der Waals surface area contributed by atoms with Crippen LogP contribution >= 0.6 is 27.3 Å². The molecule has 0 aliphatic carbocycles. The number of nitrogens with zero attached hydrogens (tertiary/aromatic N) is 2. The van der Waals surface area contributed by atoms with Crippen LogP contribution in [0.2, 0.25) is 0 Å². The van der Waals surface area contributed by atoms with Gasteiger partial charge >= 0.3 is 0 Å². The highest BCUT2D eigenvalue weighted by Gasteiger charge is 2.10. The number of rotatable bonds is 6. The van der Waals surface area contributed by atoms with Crippen molar-refractivity contribution in [3.05, 3.63) is 33.2 Å². The first kappa shape index (κ1) is 14.6. The fourth-order valence-electron chi connectivity index (χ4n) is 1.77. The van der Waals surface area contributed by atoms with Crippen LogP contribution in [0.5, 0.6) is 0 Å². The van der Waals surface area contributed by atoms with Gasteiger partial charge in [0.05, 0.1) is 0 Å². The van der Waals surface area contributed by atoms with E-state index in [9.17, 15) is 0 Å². The molecule has 0 saturated heterocycles. The molecular formula is C14H18BrN3S. The summed E-state index contributed by atoms with van der Waals surface area (Å²) in [6.45, 7) is 6.29. The Labute approximate surface area is 126 Å². The maximum Gasteiger partial charge on any atom is 0.148 e. The van der Waals surface area contributed by atoms with Crippen LogP contribution in [-0.2, 0) is 6.42 Å². The van der Waals surface area contributed by atoms with E-state index in [4.69, 9.17) is 0 Å². The molecule has 0 aliphatic heterocycles. The predicted molar refractivity (Wildman–Crippen MR) is 84.6 cm³/mol. The van der Waals surface area contributed by atoms with Gasteiger partial charge in [-0.2, -0.15) is 0 Å². The Balaban J connectivity index is 2.06. The van der Waals surface area contributed by atoms with Crippen molar-refractivity contribution in [3.8, 4) is 10.6 Å². The number of halogens is 1. The van der Waals surface area contributed by atoms with E-state index in [1.807, 2.05) is 0 Å². The van der Waals surface area contributed by atoms with Crippen LogP contribution < -0.4 is 5.32 Å². The Kier molecular flexibility index (Phi) is 5.48. The molecule has 1 heterocycles. The quantitative estimate of drug-likeness (QED) is 0.813. The number of nitrogens with one attached hydrogen (secondary N) is 1. The molecule has 0 amide bonds. The lowest BCUT2D eigenvalue weighted by atomic mass is 10.1. The van der Waals surface area contributed by atoms with Gasteiger partial charge < -0.3 is 5.32 Å². The van der Waals surface area contributed by atoms with Gasteiger partial charge in [-0.15, -0.1) is 10.2 Å². The molecule has 0 unspecified atom stereocenters.